The minimum Gasteiger partial charge on any atom is -0.476 e. The molecule has 0 amide bonds. The Morgan fingerprint density at radius 2 is 2.40 bits per heavy atom. The van der Waals surface area contributed by atoms with Gasteiger partial charge in [-0.2, -0.15) is 4.98 Å². The predicted octanol–water partition coefficient (Wildman–Crippen LogP) is 0.974. The molecule has 78 valence electrons. The van der Waals surface area contributed by atoms with Crippen molar-refractivity contribution in [1.29, 1.82) is 0 Å². The van der Waals surface area contributed by atoms with Crippen LogP contribution >= 0.6 is 0 Å². The summed E-state index contributed by atoms with van der Waals surface area (Å²) in [7, 11) is 0. The number of nitrogen functional groups attached to an aromatic ring is 1. The van der Waals surface area contributed by atoms with E-state index in [1.54, 1.807) is 0 Å². The summed E-state index contributed by atoms with van der Waals surface area (Å²) in [6.45, 7) is 0.254. The molecule has 0 unspecified atom stereocenters. The smallest absolute Gasteiger partial charge is 0.278 e. The molecule has 0 saturated carbocycles. The lowest BCUT2D eigenvalue weighted by molar-refractivity contribution is -0.384. The van der Waals surface area contributed by atoms with Gasteiger partial charge < -0.3 is 10.5 Å². The van der Waals surface area contributed by atoms with E-state index in [4.69, 9.17) is 16.9 Å². The maximum Gasteiger partial charge on any atom is 0.278 e. The minimum absolute atomic E-state index is 0.0416. The molecular formula is C9H9N3O3. The number of nitrogens with two attached hydrogens (primary N) is 1. The molecule has 0 radical (unpaired) electrons. The first-order valence-corrected chi connectivity index (χ1v) is 4.11. The number of hydrogen-bond acceptors (Lipinski definition) is 5. The fourth-order valence-electron chi connectivity index (χ4n) is 0.905. The van der Waals surface area contributed by atoms with Gasteiger partial charge in [0, 0.05) is 6.42 Å². The zero-order valence-corrected chi connectivity index (χ0v) is 7.84. The Morgan fingerprint density at radius 3 is 3.00 bits per heavy atom. The molecule has 2 N–H and O–H groups in total. The van der Waals surface area contributed by atoms with E-state index in [2.05, 4.69) is 10.9 Å². The van der Waals surface area contributed by atoms with Crippen molar-refractivity contribution in [2.24, 2.45) is 0 Å². The zero-order chi connectivity index (χ0) is 11.3. The van der Waals surface area contributed by atoms with E-state index in [0.29, 0.717) is 6.42 Å². The van der Waals surface area contributed by atoms with Gasteiger partial charge in [-0.25, -0.2) is 0 Å². The third-order valence-corrected chi connectivity index (χ3v) is 1.51. The van der Waals surface area contributed by atoms with Crippen molar-refractivity contribution >= 4 is 11.5 Å². The first kappa shape index (κ1) is 10.8. The van der Waals surface area contributed by atoms with Crippen LogP contribution < -0.4 is 10.5 Å². The second-order valence-electron chi connectivity index (χ2n) is 2.65. The molecular weight excluding hydrogens is 198 g/mol. The third kappa shape index (κ3) is 3.15. The van der Waals surface area contributed by atoms with Crippen molar-refractivity contribution in [2.75, 3.05) is 12.3 Å². The highest BCUT2D eigenvalue weighted by Gasteiger charge is 2.10. The molecule has 1 heterocycles. The van der Waals surface area contributed by atoms with Crippen molar-refractivity contribution in [2.45, 2.75) is 6.42 Å². The maximum absolute atomic E-state index is 10.5. The Morgan fingerprint density at radius 1 is 1.67 bits per heavy atom. The van der Waals surface area contributed by atoms with E-state index in [0.717, 1.165) is 6.07 Å². The lowest BCUT2D eigenvalue weighted by Crippen LogP contribution is -2.01. The molecule has 1 aromatic heterocycles. The van der Waals surface area contributed by atoms with E-state index >= 15 is 0 Å². The second-order valence-corrected chi connectivity index (χ2v) is 2.65. The lowest BCUT2D eigenvalue weighted by Gasteiger charge is -2.03. The van der Waals surface area contributed by atoms with Gasteiger partial charge in [0.2, 0.25) is 5.88 Å². The van der Waals surface area contributed by atoms with E-state index in [9.17, 15) is 10.1 Å². The van der Waals surface area contributed by atoms with Crippen LogP contribution in [0, 0.1) is 22.5 Å². The number of nitrogens with zero attached hydrogens (tertiary/aromatic N) is 2. The fourth-order valence-corrected chi connectivity index (χ4v) is 0.905. The van der Waals surface area contributed by atoms with Crippen LogP contribution in [0.1, 0.15) is 6.42 Å². The van der Waals surface area contributed by atoms with Crippen LogP contribution in [0.5, 0.6) is 5.88 Å². The molecule has 0 aromatic carbocycles. The summed E-state index contributed by atoms with van der Waals surface area (Å²) in [5.74, 6) is 2.52. The number of aromatic nitrogens is 1. The average molecular weight is 207 g/mol. The predicted molar refractivity (Wildman–Crippen MR) is 54.2 cm³/mol. The third-order valence-electron chi connectivity index (χ3n) is 1.51. The highest BCUT2D eigenvalue weighted by atomic mass is 16.6. The molecule has 6 heteroatoms. The molecule has 0 fully saturated rings. The summed E-state index contributed by atoms with van der Waals surface area (Å²) < 4.78 is 5.08. The number of anilines is 1. The number of hydrogen-bond donors (Lipinski definition) is 1. The second kappa shape index (κ2) is 4.81. The highest BCUT2D eigenvalue weighted by molar-refractivity contribution is 5.45. The zero-order valence-electron chi connectivity index (χ0n) is 7.84. The van der Waals surface area contributed by atoms with Crippen LogP contribution in [0.2, 0.25) is 0 Å². The van der Waals surface area contributed by atoms with Gasteiger partial charge >= 0.3 is 0 Å². The Hall–Kier alpha value is -2.29. The molecule has 0 atom stereocenters. The van der Waals surface area contributed by atoms with E-state index < -0.39 is 4.92 Å². The summed E-state index contributed by atoms with van der Waals surface area (Å²) >= 11 is 0. The van der Waals surface area contributed by atoms with Gasteiger partial charge in [0.05, 0.1) is 17.1 Å². The first-order chi connectivity index (χ1) is 7.13. The summed E-state index contributed by atoms with van der Waals surface area (Å²) in [6.07, 6.45) is 5.42. The molecule has 1 aromatic rings. The number of nitro groups is 1. The average Bonchev–Trinajstić information content (AvgIpc) is 2.17. The maximum atomic E-state index is 10.5. The number of pyridine rings is 1. The van der Waals surface area contributed by atoms with Crippen molar-refractivity contribution in [3.05, 3.63) is 22.2 Å². The molecule has 0 saturated heterocycles. The van der Waals surface area contributed by atoms with E-state index in [-0.39, 0.29) is 24.0 Å². The Labute approximate surface area is 86.2 Å². The molecule has 0 aliphatic carbocycles. The fraction of sp³-hybridized carbons (Fsp3) is 0.222. The number of ether oxygens (including phenoxy) is 1. The monoisotopic (exact) mass is 207 g/mol. The largest absolute Gasteiger partial charge is 0.476 e. The summed E-state index contributed by atoms with van der Waals surface area (Å²) in [4.78, 5) is 13.7. The summed E-state index contributed by atoms with van der Waals surface area (Å²) in [5.41, 5.74) is 5.21. The van der Waals surface area contributed by atoms with Crippen molar-refractivity contribution < 1.29 is 9.66 Å². The molecule has 15 heavy (non-hydrogen) atoms. The normalized spacial score (nSPS) is 9.27. The van der Waals surface area contributed by atoms with Crippen LogP contribution in [0.4, 0.5) is 11.5 Å². The standard InChI is InChI=1S/C9H9N3O3/c1-2-3-4-15-9-6-7(12(13)14)5-8(10)11-9/h1,5-6H,3-4H2,(H2,10,11). The topological polar surface area (TPSA) is 91.3 Å². The highest BCUT2D eigenvalue weighted by Crippen LogP contribution is 2.20. The van der Waals surface area contributed by atoms with Gasteiger partial charge in [0.25, 0.3) is 5.69 Å². The van der Waals surface area contributed by atoms with Crippen LogP contribution in [-0.4, -0.2) is 16.5 Å². The molecule has 0 bridgehead atoms. The van der Waals surface area contributed by atoms with Crippen molar-refractivity contribution in [3.8, 4) is 18.2 Å². The quantitative estimate of drug-likeness (QED) is 0.344. The minimum atomic E-state index is -0.563. The van der Waals surface area contributed by atoms with Crippen LogP contribution in [0.15, 0.2) is 12.1 Å². The Balaban J connectivity index is 2.80. The molecule has 0 aliphatic heterocycles. The molecule has 1 rings (SSSR count). The Kier molecular flexibility index (Phi) is 3.46. The van der Waals surface area contributed by atoms with Crippen molar-refractivity contribution in [1.82, 2.24) is 4.98 Å². The van der Waals surface area contributed by atoms with Crippen LogP contribution in [-0.2, 0) is 0 Å². The molecule has 0 spiro atoms. The van der Waals surface area contributed by atoms with Gasteiger partial charge in [-0.05, 0) is 0 Å². The van der Waals surface area contributed by atoms with Crippen molar-refractivity contribution in [3.63, 3.8) is 0 Å². The summed E-state index contributed by atoms with van der Waals surface area (Å²) in [6, 6.07) is 2.36. The summed E-state index contributed by atoms with van der Waals surface area (Å²) in [5, 5.41) is 10.5. The van der Waals surface area contributed by atoms with Crippen LogP contribution in [0.3, 0.4) is 0 Å². The van der Waals surface area contributed by atoms with Crippen LogP contribution in [0.25, 0.3) is 0 Å². The van der Waals surface area contributed by atoms with Gasteiger partial charge in [0.1, 0.15) is 12.4 Å². The number of rotatable bonds is 4. The molecule has 0 aliphatic rings. The molecule has 6 nitrogen and oxygen atoms in total. The first-order valence-electron chi connectivity index (χ1n) is 4.11. The lowest BCUT2D eigenvalue weighted by atomic mass is 10.4. The van der Waals surface area contributed by atoms with Gasteiger partial charge in [-0.15, -0.1) is 12.3 Å². The van der Waals surface area contributed by atoms with Gasteiger partial charge in [-0.1, -0.05) is 0 Å². The van der Waals surface area contributed by atoms with E-state index in [1.165, 1.54) is 6.07 Å². The SMILES string of the molecule is C#CCCOc1cc([N+](=O)[O-])cc(N)n1. The Bertz CT molecular complexity index is 412. The number of terminal acetylenes is 1. The van der Waals surface area contributed by atoms with E-state index in [1.807, 2.05) is 0 Å². The van der Waals surface area contributed by atoms with Gasteiger partial charge in [0.15, 0.2) is 0 Å². The van der Waals surface area contributed by atoms with Gasteiger partial charge in [-0.3, -0.25) is 10.1 Å².